The van der Waals surface area contributed by atoms with E-state index < -0.39 is 23.6 Å². The number of nitrogens with zero attached hydrogens (tertiary/aromatic N) is 2. The minimum Gasteiger partial charge on any atom is -0.436 e. The zero-order valence-corrected chi connectivity index (χ0v) is 14.3. The van der Waals surface area contributed by atoms with Crippen LogP contribution in [0.25, 0.3) is 11.1 Å². The summed E-state index contributed by atoms with van der Waals surface area (Å²) in [6.07, 6.45) is 5.28. The van der Waals surface area contributed by atoms with E-state index in [4.69, 9.17) is 4.74 Å². The highest BCUT2D eigenvalue weighted by molar-refractivity contribution is 5.72. The van der Waals surface area contributed by atoms with E-state index in [1.165, 1.54) is 24.4 Å². The first kappa shape index (κ1) is 17.1. The molecular formula is C20H15F2N3O2. The highest BCUT2D eigenvalue weighted by Gasteiger charge is 2.47. The Labute approximate surface area is 154 Å². The topological polar surface area (TPSA) is 64.1 Å². The molecule has 1 aliphatic heterocycles. The van der Waals surface area contributed by atoms with Gasteiger partial charge in [-0.05, 0) is 42.3 Å². The summed E-state index contributed by atoms with van der Waals surface area (Å²) in [7, 11) is 0. The molecule has 0 unspecified atom stereocenters. The number of hydrogen-bond donors (Lipinski definition) is 1. The van der Waals surface area contributed by atoms with E-state index in [-0.39, 0.29) is 5.82 Å². The van der Waals surface area contributed by atoms with Crippen molar-refractivity contribution in [1.29, 1.82) is 0 Å². The molecule has 0 radical (unpaired) electrons. The fraction of sp³-hybridized carbons (Fsp3) is 0.150. The van der Waals surface area contributed by atoms with Crippen LogP contribution >= 0.6 is 0 Å². The Morgan fingerprint density at radius 2 is 1.63 bits per heavy atom. The molecule has 1 aliphatic rings. The number of halogens is 2. The van der Waals surface area contributed by atoms with Crippen molar-refractivity contribution in [1.82, 2.24) is 15.3 Å². The lowest BCUT2D eigenvalue weighted by Crippen LogP contribution is -2.31. The number of alkyl carbamates (subject to hydrolysis) is 1. The van der Waals surface area contributed by atoms with Crippen molar-refractivity contribution >= 4 is 6.09 Å². The molecule has 5 nitrogen and oxygen atoms in total. The molecular weight excluding hydrogens is 352 g/mol. The summed E-state index contributed by atoms with van der Waals surface area (Å²) in [5.74, 6) is -0.829. The van der Waals surface area contributed by atoms with Gasteiger partial charge in [0.15, 0.2) is 5.60 Å². The summed E-state index contributed by atoms with van der Waals surface area (Å²) < 4.78 is 32.3. The number of nitrogens with one attached hydrogen (secondary N) is 1. The van der Waals surface area contributed by atoms with Gasteiger partial charge in [0.1, 0.15) is 17.7 Å². The molecule has 1 N–H and O–H groups in total. The van der Waals surface area contributed by atoms with E-state index in [1.807, 2.05) is 0 Å². The van der Waals surface area contributed by atoms with Crippen LogP contribution in [0.1, 0.15) is 24.1 Å². The second kappa shape index (κ2) is 6.42. The molecule has 7 heteroatoms. The van der Waals surface area contributed by atoms with Crippen molar-refractivity contribution in [2.24, 2.45) is 0 Å². The predicted molar refractivity (Wildman–Crippen MR) is 93.5 cm³/mol. The molecule has 0 bridgehead atoms. The molecule has 136 valence electrons. The van der Waals surface area contributed by atoms with Crippen LogP contribution in [0.15, 0.2) is 61.2 Å². The lowest BCUT2D eigenvalue weighted by Gasteiger charge is -2.29. The second-order valence-electron chi connectivity index (χ2n) is 6.48. The Morgan fingerprint density at radius 3 is 2.33 bits per heavy atom. The number of hydrogen-bond acceptors (Lipinski definition) is 4. The Kier molecular flexibility index (Phi) is 4.07. The number of benzene rings is 1. The highest BCUT2D eigenvalue weighted by atomic mass is 19.1. The average molecular weight is 367 g/mol. The van der Waals surface area contributed by atoms with Crippen LogP contribution in [0, 0.1) is 11.6 Å². The first-order valence-corrected chi connectivity index (χ1v) is 8.27. The van der Waals surface area contributed by atoms with Gasteiger partial charge < -0.3 is 10.1 Å². The molecule has 0 spiro atoms. The zero-order valence-electron chi connectivity index (χ0n) is 14.3. The van der Waals surface area contributed by atoms with Gasteiger partial charge in [-0.3, -0.25) is 9.97 Å². The number of amides is 1. The standard InChI is InChI=1S/C20H15F2N3O2/c1-20(15-2-4-16(21)5-3-15)18(25-19(26)27-20)14-6-12(8-23-10-14)13-7-17(22)11-24-9-13/h2-11,18H,1H3,(H,25,26)/t18-,20-/m0/s1. The van der Waals surface area contributed by atoms with Crippen LogP contribution in [-0.4, -0.2) is 16.1 Å². The van der Waals surface area contributed by atoms with Crippen molar-refractivity contribution in [3.05, 3.63) is 83.9 Å². The lowest BCUT2D eigenvalue weighted by molar-refractivity contribution is 0.0494. The maximum Gasteiger partial charge on any atom is 0.408 e. The maximum absolute atomic E-state index is 13.5. The normalized spacial score (nSPS) is 21.6. The third-order valence-electron chi connectivity index (χ3n) is 4.67. The molecule has 2 aromatic heterocycles. The molecule has 27 heavy (non-hydrogen) atoms. The molecule has 3 heterocycles. The van der Waals surface area contributed by atoms with E-state index >= 15 is 0 Å². The van der Waals surface area contributed by atoms with Crippen molar-refractivity contribution in [2.75, 3.05) is 0 Å². The van der Waals surface area contributed by atoms with Crippen LogP contribution in [0.2, 0.25) is 0 Å². The minimum atomic E-state index is -1.05. The van der Waals surface area contributed by atoms with Crippen LogP contribution in [0.5, 0.6) is 0 Å². The van der Waals surface area contributed by atoms with Gasteiger partial charge in [0.05, 0.1) is 6.20 Å². The monoisotopic (exact) mass is 367 g/mol. The second-order valence-corrected chi connectivity index (χ2v) is 6.48. The summed E-state index contributed by atoms with van der Waals surface area (Å²) in [5.41, 5.74) is 1.49. The molecule has 1 saturated heterocycles. The molecule has 3 aromatic rings. The van der Waals surface area contributed by atoms with Crippen LogP contribution in [0.3, 0.4) is 0 Å². The van der Waals surface area contributed by atoms with Crippen molar-refractivity contribution in [2.45, 2.75) is 18.6 Å². The quantitative estimate of drug-likeness (QED) is 0.756. The van der Waals surface area contributed by atoms with Gasteiger partial charge in [-0.25, -0.2) is 13.6 Å². The van der Waals surface area contributed by atoms with Gasteiger partial charge >= 0.3 is 6.09 Å². The Bertz CT molecular complexity index is 1010. The summed E-state index contributed by atoms with van der Waals surface area (Å²) in [5, 5.41) is 2.78. The summed E-state index contributed by atoms with van der Waals surface area (Å²) in [6.45, 7) is 1.75. The van der Waals surface area contributed by atoms with Crippen molar-refractivity contribution in [3.63, 3.8) is 0 Å². The molecule has 2 atom stereocenters. The lowest BCUT2D eigenvalue weighted by atomic mass is 9.84. The minimum absolute atomic E-state index is 0.376. The maximum atomic E-state index is 13.5. The molecule has 0 saturated carbocycles. The van der Waals surface area contributed by atoms with Crippen LogP contribution < -0.4 is 5.32 Å². The number of carbonyl (C=O) groups excluding carboxylic acids is 1. The first-order chi connectivity index (χ1) is 13.0. The molecule has 1 aromatic carbocycles. The first-order valence-electron chi connectivity index (χ1n) is 8.27. The fourth-order valence-electron chi connectivity index (χ4n) is 3.29. The van der Waals surface area contributed by atoms with E-state index in [0.717, 1.165) is 6.20 Å². The fourth-order valence-corrected chi connectivity index (χ4v) is 3.29. The van der Waals surface area contributed by atoms with Crippen molar-refractivity contribution < 1.29 is 18.3 Å². The Morgan fingerprint density at radius 1 is 0.963 bits per heavy atom. The van der Waals surface area contributed by atoms with Gasteiger partial charge in [-0.15, -0.1) is 0 Å². The smallest absolute Gasteiger partial charge is 0.408 e. The molecule has 1 amide bonds. The Balaban J connectivity index is 1.76. The van der Waals surface area contributed by atoms with E-state index in [2.05, 4.69) is 15.3 Å². The summed E-state index contributed by atoms with van der Waals surface area (Å²) in [4.78, 5) is 20.1. The van der Waals surface area contributed by atoms with Gasteiger partial charge in [-0.1, -0.05) is 12.1 Å². The number of pyridine rings is 2. The van der Waals surface area contributed by atoms with Gasteiger partial charge in [0.25, 0.3) is 0 Å². The van der Waals surface area contributed by atoms with Gasteiger partial charge in [0, 0.05) is 29.7 Å². The zero-order chi connectivity index (χ0) is 19.0. The Hall–Kier alpha value is -3.35. The summed E-state index contributed by atoms with van der Waals surface area (Å²) in [6, 6.07) is 8.40. The largest absolute Gasteiger partial charge is 0.436 e. The molecule has 1 fully saturated rings. The number of rotatable bonds is 3. The van der Waals surface area contributed by atoms with E-state index in [1.54, 1.807) is 37.5 Å². The predicted octanol–water partition coefficient (Wildman–Crippen LogP) is 4.12. The van der Waals surface area contributed by atoms with Crippen LogP contribution in [0.4, 0.5) is 13.6 Å². The van der Waals surface area contributed by atoms with Gasteiger partial charge in [0.2, 0.25) is 0 Å². The number of ether oxygens (including phenoxy) is 1. The van der Waals surface area contributed by atoms with E-state index in [9.17, 15) is 13.6 Å². The third-order valence-corrected chi connectivity index (χ3v) is 4.67. The number of cyclic esters (lactones) is 1. The highest BCUT2D eigenvalue weighted by Crippen LogP contribution is 2.43. The number of carbonyl (C=O) groups is 1. The number of aromatic nitrogens is 2. The van der Waals surface area contributed by atoms with E-state index in [0.29, 0.717) is 22.3 Å². The molecule has 4 rings (SSSR count). The van der Waals surface area contributed by atoms with Gasteiger partial charge in [-0.2, -0.15) is 0 Å². The van der Waals surface area contributed by atoms with Crippen molar-refractivity contribution in [3.8, 4) is 11.1 Å². The SMILES string of the molecule is C[C@@]1(c2ccc(F)cc2)OC(=O)N[C@H]1c1cncc(-c2cncc(F)c2)c1. The summed E-state index contributed by atoms with van der Waals surface area (Å²) >= 11 is 0. The third kappa shape index (κ3) is 3.12. The average Bonchev–Trinajstić information content (AvgIpc) is 2.98. The molecule has 0 aliphatic carbocycles. The van der Waals surface area contributed by atoms with Crippen LogP contribution in [-0.2, 0) is 10.3 Å².